The van der Waals surface area contributed by atoms with Crippen LogP contribution in [0.25, 0.3) is 0 Å². The lowest BCUT2D eigenvalue weighted by atomic mass is 10.1. The zero-order chi connectivity index (χ0) is 15.8. The average Bonchev–Trinajstić information content (AvgIpc) is 2.44. The van der Waals surface area contributed by atoms with Crippen molar-refractivity contribution < 1.29 is 8.42 Å². The van der Waals surface area contributed by atoms with Gasteiger partial charge in [0, 0.05) is 13.1 Å². The predicted octanol–water partition coefficient (Wildman–Crippen LogP) is 1.95. The summed E-state index contributed by atoms with van der Waals surface area (Å²) in [7, 11) is 0.152. The number of aryl methyl sites for hydroxylation is 1. The second-order valence-electron chi connectivity index (χ2n) is 5.70. The van der Waals surface area contributed by atoms with E-state index in [0.717, 1.165) is 25.9 Å². The lowest BCUT2D eigenvalue weighted by Gasteiger charge is -2.34. The fourth-order valence-electron chi connectivity index (χ4n) is 2.63. The molecular formula is C14H22ClN3O2S. The summed E-state index contributed by atoms with van der Waals surface area (Å²) in [6, 6.07) is 3.05. The molecule has 1 aliphatic rings. The van der Waals surface area contributed by atoms with Crippen LogP contribution in [0.3, 0.4) is 0 Å². The maximum absolute atomic E-state index is 12.7. The molecule has 0 aromatic heterocycles. The molecule has 1 aromatic carbocycles. The number of rotatable bonds is 3. The van der Waals surface area contributed by atoms with Gasteiger partial charge in [-0.3, -0.25) is 0 Å². The molecule has 0 radical (unpaired) electrons. The van der Waals surface area contributed by atoms with Crippen LogP contribution in [0.2, 0.25) is 5.02 Å². The SMILES string of the molecule is Cc1cc(S(=O)(=O)N(C)C2CCN(C)CC2)cc(N)c1Cl. The van der Waals surface area contributed by atoms with Crippen molar-refractivity contribution in [3.8, 4) is 0 Å². The zero-order valence-electron chi connectivity index (χ0n) is 12.6. The van der Waals surface area contributed by atoms with E-state index in [1.165, 1.54) is 10.4 Å². The zero-order valence-corrected chi connectivity index (χ0v) is 14.2. The summed E-state index contributed by atoms with van der Waals surface area (Å²) in [6.45, 7) is 3.58. The second-order valence-corrected chi connectivity index (χ2v) is 8.07. The number of likely N-dealkylation sites (tertiary alicyclic amines) is 1. The van der Waals surface area contributed by atoms with Crippen LogP contribution in [0.5, 0.6) is 0 Å². The van der Waals surface area contributed by atoms with Gasteiger partial charge in [-0.1, -0.05) is 11.6 Å². The maximum Gasteiger partial charge on any atom is 0.243 e. The van der Waals surface area contributed by atoms with Gasteiger partial charge in [0.25, 0.3) is 0 Å². The van der Waals surface area contributed by atoms with Crippen LogP contribution in [-0.2, 0) is 10.0 Å². The van der Waals surface area contributed by atoms with Gasteiger partial charge in [-0.15, -0.1) is 0 Å². The molecule has 1 aliphatic heterocycles. The highest BCUT2D eigenvalue weighted by atomic mass is 35.5. The van der Waals surface area contributed by atoms with Crippen LogP contribution in [0.15, 0.2) is 17.0 Å². The number of nitrogens with zero attached hydrogens (tertiary/aromatic N) is 2. The quantitative estimate of drug-likeness (QED) is 0.860. The van der Waals surface area contributed by atoms with Gasteiger partial charge in [0.2, 0.25) is 10.0 Å². The van der Waals surface area contributed by atoms with E-state index < -0.39 is 10.0 Å². The van der Waals surface area contributed by atoms with Crippen molar-refractivity contribution in [1.29, 1.82) is 0 Å². The fourth-order valence-corrected chi connectivity index (χ4v) is 4.28. The molecule has 0 spiro atoms. The molecule has 118 valence electrons. The van der Waals surface area contributed by atoms with Gasteiger partial charge in [-0.05, 0) is 57.6 Å². The van der Waals surface area contributed by atoms with Crippen molar-refractivity contribution in [2.24, 2.45) is 0 Å². The number of nitrogens with two attached hydrogens (primary N) is 1. The Labute approximate surface area is 131 Å². The minimum absolute atomic E-state index is 0.0309. The molecule has 0 aliphatic carbocycles. The van der Waals surface area contributed by atoms with Crippen molar-refractivity contribution in [1.82, 2.24) is 9.21 Å². The Kier molecular flexibility index (Phi) is 4.82. The standard InChI is InChI=1S/C14H22ClN3O2S/c1-10-8-12(9-13(16)14(10)15)21(19,20)18(3)11-4-6-17(2)7-5-11/h8-9,11H,4-7,16H2,1-3H3. The number of piperidine rings is 1. The third kappa shape index (κ3) is 3.34. The van der Waals surface area contributed by atoms with Crippen molar-refractivity contribution in [3.05, 3.63) is 22.7 Å². The molecule has 2 rings (SSSR count). The molecule has 0 bridgehead atoms. The largest absolute Gasteiger partial charge is 0.397 e. The highest BCUT2D eigenvalue weighted by Crippen LogP contribution is 2.29. The lowest BCUT2D eigenvalue weighted by molar-refractivity contribution is 0.197. The molecule has 21 heavy (non-hydrogen) atoms. The van der Waals surface area contributed by atoms with Crippen LogP contribution < -0.4 is 5.73 Å². The molecule has 0 amide bonds. The maximum atomic E-state index is 12.7. The molecule has 1 heterocycles. The van der Waals surface area contributed by atoms with E-state index >= 15 is 0 Å². The van der Waals surface area contributed by atoms with Gasteiger partial charge in [-0.2, -0.15) is 4.31 Å². The molecule has 1 saturated heterocycles. The van der Waals surface area contributed by atoms with Crippen molar-refractivity contribution in [2.45, 2.75) is 30.7 Å². The summed E-state index contributed by atoms with van der Waals surface area (Å²) in [4.78, 5) is 2.42. The van der Waals surface area contributed by atoms with Crippen molar-refractivity contribution in [2.75, 3.05) is 32.9 Å². The van der Waals surface area contributed by atoms with E-state index in [0.29, 0.717) is 16.3 Å². The normalized spacial score (nSPS) is 18.3. The molecule has 0 atom stereocenters. The second kappa shape index (κ2) is 6.12. The lowest BCUT2D eigenvalue weighted by Crippen LogP contribution is -2.44. The van der Waals surface area contributed by atoms with E-state index in [2.05, 4.69) is 4.90 Å². The van der Waals surface area contributed by atoms with E-state index in [9.17, 15) is 8.42 Å². The van der Waals surface area contributed by atoms with Gasteiger partial charge in [0.05, 0.1) is 15.6 Å². The summed E-state index contributed by atoms with van der Waals surface area (Å²) < 4.78 is 27.0. The Bertz CT molecular complexity index is 602. The molecule has 0 saturated carbocycles. The topological polar surface area (TPSA) is 66.6 Å². The average molecular weight is 332 g/mol. The highest BCUT2D eigenvalue weighted by Gasteiger charge is 2.30. The first-order valence-corrected chi connectivity index (χ1v) is 8.77. The first-order chi connectivity index (χ1) is 9.73. The minimum Gasteiger partial charge on any atom is -0.397 e. The van der Waals surface area contributed by atoms with E-state index in [4.69, 9.17) is 17.3 Å². The highest BCUT2D eigenvalue weighted by molar-refractivity contribution is 7.89. The number of halogens is 1. The number of nitrogen functional groups attached to an aromatic ring is 1. The third-order valence-corrected chi connectivity index (χ3v) is 6.54. The molecule has 1 fully saturated rings. The summed E-state index contributed by atoms with van der Waals surface area (Å²) in [5.74, 6) is 0. The van der Waals surface area contributed by atoms with Crippen LogP contribution in [-0.4, -0.2) is 50.8 Å². The van der Waals surface area contributed by atoms with Crippen LogP contribution >= 0.6 is 11.6 Å². The Morgan fingerprint density at radius 1 is 1.33 bits per heavy atom. The smallest absolute Gasteiger partial charge is 0.243 e. The summed E-state index contributed by atoms with van der Waals surface area (Å²) in [6.07, 6.45) is 1.68. The van der Waals surface area contributed by atoms with Crippen LogP contribution in [0.4, 0.5) is 5.69 Å². The first-order valence-electron chi connectivity index (χ1n) is 6.95. The molecule has 1 aromatic rings. The Balaban J connectivity index is 2.29. The fraction of sp³-hybridized carbons (Fsp3) is 0.571. The Hall–Kier alpha value is -0.820. The molecule has 5 nitrogen and oxygen atoms in total. The molecule has 7 heteroatoms. The van der Waals surface area contributed by atoms with E-state index in [-0.39, 0.29) is 10.9 Å². The number of hydrogen-bond acceptors (Lipinski definition) is 4. The van der Waals surface area contributed by atoms with E-state index in [1.807, 2.05) is 7.05 Å². The van der Waals surface area contributed by atoms with Gasteiger partial charge in [0.1, 0.15) is 0 Å². The predicted molar refractivity (Wildman–Crippen MR) is 86.1 cm³/mol. The molecular weight excluding hydrogens is 310 g/mol. The van der Waals surface area contributed by atoms with Gasteiger partial charge in [0.15, 0.2) is 0 Å². The molecule has 0 unspecified atom stereocenters. The molecule has 2 N–H and O–H groups in total. The summed E-state index contributed by atoms with van der Waals surface area (Å²) >= 11 is 6.01. The Morgan fingerprint density at radius 2 is 1.90 bits per heavy atom. The third-order valence-electron chi connectivity index (χ3n) is 4.14. The summed E-state index contributed by atoms with van der Waals surface area (Å²) in [5, 5.41) is 0.413. The van der Waals surface area contributed by atoms with Gasteiger partial charge < -0.3 is 10.6 Å². The van der Waals surface area contributed by atoms with Crippen LogP contribution in [0.1, 0.15) is 18.4 Å². The van der Waals surface area contributed by atoms with Crippen molar-refractivity contribution >= 4 is 27.3 Å². The Morgan fingerprint density at radius 3 is 2.43 bits per heavy atom. The number of sulfonamides is 1. The monoisotopic (exact) mass is 331 g/mol. The van der Waals surface area contributed by atoms with Crippen molar-refractivity contribution in [3.63, 3.8) is 0 Å². The summed E-state index contributed by atoms with van der Waals surface area (Å²) in [5.41, 5.74) is 6.76. The minimum atomic E-state index is -3.54. The van der Waals surface area contributed by atoms with Crippen LogP contribution in [0, 0.1) is 6.92 Å². The first kappa shape index (κ1) is 16.5. The van der Waals surface area contributed by atoms with E-state index in [1.54, 1.807) is 20.0 Å². The van der Waals surface area contributed by atoms with Gasteiger partial charge in [-0.25, -0.2) is 8.42 Å². The number of hydrogen-bond donors (Lipinski definition) is 1. The van der Waals surface area contributed by atoms with Gasteiger partial charge >= 0.3 is 0 Å². The number of benzene rings is 1. The number of anilines is 1.